The first-order valence-corrected chi connectivity index (χ1v) is 17.5. The molecule has 3 aromatic carbocycles. The molecule has 2 aromatic heterocycles. The van der Waals surface area contributed by atoms with Crippen molar-refractivity contribution in [1.29, 1.82) is 0 Å². The Kier molecular flexibility index (Phi) is 10.7. The minimum Gasteiger partial charge on any atom is -0.490 e. The number of pyridine rings is 1. The standard InChI is InChI=1S/C38H32BrF6N5O5/c1-22-19-49-31(20-48(22)34(52)23-10-15-29(39)28(17-23)37(40,41)42)32(33(51)47-18-24-7-3-4-8-27(24)30-9-5-6-16-46-30)50(35(49)53)25-11-13-26(14-12-25)55-21-36(2,54)38(43,44)45/h3-17,22,54H,18-21H2,1-2H3,(H,47,51)/t22-,36-/m1/s1. The lowest BCUT2D eigenvalue weighted by Gasteiger charge is -2.34. The second kappa shape index (κ2) is 15.0. The van der Waals surface area contributed by atoms with E-state index < -0.39 is 53.7 Å². The lowest BCUT2D eigenvalue weighted by molar-refractivity contribution is -0.260. The van der Waals surface area contributed by atoms with Crippen LogP contribution in [-0.4, -0.2) is 60.4 Å². The minimum atomic E-state index is -4.96. The number of hydrogen-bond acceptors (Lipinski definition) is 6. The zero-order chi connectivity index (χ0) is 39.9. The van der Waals surface area contributed by atoms with Gasteiger partial charge in [0.15, 0.2) is 5.60 Å². The third kappa shape index (κ3) is 8.03. The summed E-state index contributed by atoms with van der Waals surface area (Å²) in [5.41, 5.74) is -3.01. The smallest absolute Gasteiger partial charge is 0.420 e. The Morgan fingerprint density at radius 1 is 0.982 bits per heavy atom. The average molecular weight is 833 g/mol. The number of rotatable bonds is 9. The Bertz CT molecular complexity index is 2290. The zero-order valence-electron chi connectivity index (χ0n) is 29.1. The monoisotopic (exact) mass is 831 g/mol. The highest BCUT2D eigenvalue weighted by atomic mass is 79.9. The van der Waals surface area contributed by atoms with E-state index in [1.54, 1.807) is 37.4 Å². The fraction of sp³-hybridized carbons (Fsp3) is 0.263. The van der Waals surface area contributed by atoms with Crippen LogP contribution in [0.15, 0.2) is 100 Å². The van der Waals surface area contributed by atoms with E-state index in [4.69, 9.17) is 4.74 Å². The molecular weight excluding hydrogens is 800 g/mol. The largest absolute Gasteiger partial charge is 0.490 e. The molecule has 0 radical (unpaired) electrons. The predicted octanol–water partition coefficient (Wildman–Crippen LogP) is 7.15. The van der Waals surface area contributed by atoms with Crippen LogP contribution in [0.25, 0.3) is 16.9 Å². The highest BCUT2D eigenvalue weighted by Gasteiger charge is 2.50. The number of amides is 2. The van der Waals surface area contributed by atoms with Gasteiger partial charge in [-0.3, -0.25) is 23.7 Å². The second-order valence-corrected chi connectivity index (χ2v) is 14.0. The average Bonchev–Trinajstić information content (AvgIpc) is 3.43. The summed E-state index contributed by atoms with van der Waals surface area (Å²) in [6.07, 6.45) is -8.09. The van der Waals surface area contributed by atoms with Crippen molar-refractivity contribution in [3.05, 3.63) is 134 Å². The summed E-state index contributed by atoms with van der Waals surface area (Å²) in [6.45, 7) is 0.591. The number of carbonyl (C=O) groups is 2. The van der Waals surface area contributed by atoms with E-state index >= 15 is 0 Å². The molecule has 55 heavy (non-hydrogen) atoms. The number of fused-ring (bicyclic) bond motifs is 1. The molecule has 2 N–H and O–H groups in total. The number of alkyl halides is 6. The molecule has 1 aliphatic heterocycles. The number of halogens is 7. The molecule has 10 nitrogen and oxygen atoms in total. The fourth-order valence-corrected chi connectivity index (χ4v) is 6.58. The first-order valence-electron chi connectivity index (χ1n) is 16.7. The molecule has 0 unspecified atom stereocenters. The summed E-state index contributed by atoms with van der Waals surface area (Å²) in [5.74, 6) is -1.56. The molecule has 0 saturated heterocycles. The number of nitrogens with zero attached hydrogens (tertiary/aromatic N) is 4. The third-order valence-electron chi connectivity index (χ3n) is 9.16. The number of imidazole rings is 1. The molecule has 5 aromatic rings. The van der Waals surface area contributed by atoms with E-state index in [1.807, 2.05) is 18.2 Å². The second-order valence-electron chi connectivity index (χ2n) is 13.1. The molecule has 0 spiro atoms. The van der Waals surface area contributed by atoms with Gasteiger partial charge < -0.3 is 20.1 Å². The Labute approximate surface area is 318 Å². The van der Waals surface area contributed by atoms with Gasteiger partial charge in [0.25, 0.3) is 11.8 Å². The van der Waals surface area contributed by atoms with Crippen LogP contribution in [0.4, 0.5) is 26.3 Å². The van der Waals surface area contributed by atoms with Gasteiger partial charge in [0.1, 0.15) is 18.1 Å². The van der Waals surface area contributed by atoms with Gasteiger partial charge in [0.05, 0.1) is 29.2 Å². The molecule has 288 valence electrons. The summed E-state index contributed by atoms with van der Waals surface area (Å²) >= 11 is 2.88. The highest BCUT2D eigenvalue weighted by Crippen LogP contribution is 2.36. The first-order chi connectivity index (χ1) is 25.9. The first kappa shape index (κ1) is 39.3. The van der Waals surface area contributed by atoms with Gasteiger partial charge in [-0.2, -0.15) is 26.3 Å². The lowest BCUT2D eigenvalue weighted by Crippen LogP contribution is -2.47. The van der Waals surface area contributed by atoms with Gasteiger partial charge >= 0.3 is 18.0 Å². The molecule has 17 heteroatoms. The van der Waals surface area contributed by atoms with Crippen molar-refractivity contribution in [3.63, 3.8) is 0 Å². The maximum Gasteiger partial charge on any atom is 0.420 e. The van der Waals surface area contributed by atoms with E-state index in [2.05, 4.69) is 26.2 Å². The van der Waals surface area contributed by atoms with Crippen molar-refractivity contribution in [2.75, 3.05) is 6.61 Å². The van der Waals surface area contributed by atoms with Gasteiger partial charge in [0, 0.05) is 40.9 Å². The normalized spacial score (nSPS) is 15.6. The number of benzene rings is 3. The molecule has 0 aliphatic carbocycles. The molecule has 0 saturated carbocycles. The molecule has 2 atom stereocenters. The van der Waals surface area contributed by atoms with Gasteiger partial charge in [-0.05, 0) is 74.0 Å². The van der Waals surface area contributed by atoms with Crippen LogP contribution in [0.1, 0.15) is 51.5 Å². The van der Waals surface area contributed by atoms with Crippen LogP contribution < -0.4 is 15.7 Å². The molecule has 2 amide bonds. The van der Waals surface area contributed by atoms with Crippen LogP contribution >= 0.6 is 15.9 Å². The number of aliphatic hydroxyl groups is 1. The van der Waals surface area contributed by atoms with E-state index in [0.29, 0.717) is 18.2 Å². The van der Waals surface area contributed by atoms with E-state index in [0.717, 1.165) is 22.3 Å². The summed E-state index contributed by atoms with van der Waals surface area (Å²) in [5, 5.41) is 12.6. The van der Waals surface area contributed by atoms with E-state index in [1.165, 1.54) is 39.8 Å². The molecule has 0 fully saturated rings. The molecule has 1 aliphatic rings. The van der Waals surface area contributed by atoms with Gasteiger partial charge in [-0.1, -0.05) is 46.3 Å². The van der Waals surface area contributed by atoms with Crippen molar-refractivity contribution >= 4 is 27.7 Å². The summed E-state index contributed by atoms with van der Waals surface area (Å²) in [4.78, 5) is 47.8. The SMILES string of the molecule is C[C@@H]1Cn2c(c(C(=O)NCc3ccccc3-c3ccccn3)n(-c3ccc(OC[C@@](C)(O)C(F)(F)F)cc3)c2=O)CN1C(=O)c1ccc(Br)c(C(F)(F)F)c1. The van der Waals surface area contributed by atoms with Crippen molar-refractivity contribution in [3.8, 4) is 22.7 Å². The fourth-order valence-electron chi connectivity index (χ4n) is 6.11. The van der Waals surface area contributed by atoms with Gasteiger partial charge in [0.2, 0.25) is 0 Å². The predicted molar refractivity (Wildman–Crippen MR) is 192 cm³/mol. The Hall–Kier alpha value is -5.42. The van der Waals surface area contributed by atoms with Crippen LogP contribution in [0, 0.1) is 0 Å². The topological polar surface area (TPSA) is 119 Å². The Morgan fingerprint density at radius 2 is 1.67 bits per heavy atom. The highest BCUT2D eigenvalue weighted by molar-refractivity contribution is 9.10. The van der Waals surface area contributed by atoms with Crippen molar-refractivity contribution in [1.82, 2.24) is 24.3 Å². The Morgan fingerprint density at radius 3 is 2.33 bits per heavy atom. The van der Waals surface area contributed by atoms with Crippen molar-refractivity contribution in [2.24, 2.45) is 0 Å². The van der Waals surface area contributed by atoms with Crippen molar-refractivity contribution < 1.29 is 45.8 Å². The van der Waals surface area contributed by atoms with Gasteiger partial charge in [-0.25, -0.2) is 4.79 Å². The molecular formula is C38H32BrF6N5O5. The quantitative estimate of drug-likeness (QED) is 0.153. The number of hydrogen-bond donors (Lipinski definition) is 2. The van der Waals surface area contributed by atoms with E-state index in [9.17, 15) is 45.8 Å². The number of ether oxygens (including phenoxy) is 1. The lowest BCUT2D eigenvalue weighted by atomic mass is 10.0. The number of carbonyl (C=O) groups excluding carboxylic acids is 2. The minimum absolute atomic E-state index is 0.0194. The zero-order valence-corrected chi connectivity index (χ0v) is 30.7. The van der Waals surface area contributed by atoms with Gasteiger partial charge in [-0.15, -0.1) is 0 Å². The van der Waals surface area contributed by atoms with Crippen LogP contribution in [0.2, 0.25) is 0 Å². The maximum absolute atomic E-state index is 14.2. The Balaban J connectivity index is 1.38. The maximum atomic E-state index is 14.2. The van der Waals surface area contributed by atoms with Crippen LogP contribution in [0.3, 0.4) is 0 Å². The third-order valence-corrected chi connectivity index (χ3v) is 9.85. The number of aromatic nitrogens is 3. The van der Waals surface area contributed by atoms with Crippen LogP contribution in [0.5, 0.6) is 5.75 Å². The molecule has 3 heterocycles. The summed E-state index contributed by atoms with van der Waals surface area (Å²) < 4.78 is 88.1. The molecule has 0 bridgehead atoms. The van der Waals surface area contributed by atoms with E-state index in [-0.39, 0.29) is 52.5 Å². The summed E-state index contributed by atoms with van der Waals surface area (Å²) in [6, 6.07) is 20.2. The molecule has 6 rings (SSSR count). The summed E-state index contributed by atoms with van der Waals surface area (Å²) in [7, 11) is 0. The number of nitrogens with one attached hydrogen (secondary N) is 1. The van der Waals surface area contributed by atoms with Crippen molar-refractivity contribution in [2.45, 2.75) is 57.5 Å². The van der Waals surface area contributed by atoms with Crippen LogP contribution in [-0.2, 0) is 25.8 Å².